The molecule has 216 valence electrons. The molecule has 1 saturated heterocycles. The molecule has 0 bridgehead atoms. The zero-order chi connectivity index (χ0) is 29.0. The number of benzene rings is 2. The number of ether oxygens (including phenoxy) is 3. The number of fused-ring (bicyclic) bond motifs is 1. The highest BCUT2D eigenvalue weighted by atomic mass is 35.5. The summed E-state index contributed by atoms with van der Waals surface area (Å²) >= 11 is 12.2. The van der Waals surface area contributed by atoms with Crippen molar-refractivity contribution in [2.75, 3.05) is 30.7 Å². The lowest BCUT2D eigenvalue weighted by Gasteiger charge is -2.24. The third kappa shape index (κ3) is 6.78. The number of hydrogen-bond donors (Lipinski definition) is 0. The van der Waals surface area contributed by atoms with E-state index in [0.717, 1.165) is 28.0 Å². The molecule has 0 spiro atoms. The van der Waals surface area contributed by atoms with Crippen LogP contribution in [-0.2, 0) is 24.3 Å². The van der Waals surface area contributed by atoms with Crippen molar-refractivity contribution in [3.63, 3.8) is 0 Å². The van der Waals surface area contributed by atoms with Crippen LogP contribution in [0.1, 0.15) is 26.2 Å². The number of sulfonamides is 1. The summed E-state index contributed by atoms with van der Waals surface area (Å²) in [6.45, 7) is 2.92. The SMILES string of the molecule is CCCCOC(=O)CN(c1ccc2c(ccn2-c2ccc(OC3CCOC3)cn2)c1)S(=O)(=O)c1cc(Cl)cc(Cl)c1. The van der Waals surface area contributed by atoms with Crippen molar-refractivity contribution in [2.45, 2.75) is 37.2 Å². The van der Waals surface area contributed by atoms with Crippen molar-refractivity contribution in [1.29, 1.82) is 0 Å². The first-order valence-electron chi connectivity index (χ1n) is 13.2. The lowest BCUT2D eigenvalue weighted by atomic mass is 10.2. The topological polar surface area (TPSA) is 100.0 Å². The van der Waals surface area contributed by atoms with E-state index in [4.69, 9.17) is 37.4 Å². The first-order chi connectivity index (χ1) is 19.7. The lowest BCUT2D eigenvalue weighted by Crippen LogP contribution is -2.36. The summed E-state index contributed by atoms with van der Waals surface area (Å²) in [5, 5.41) is 1.07. The van der Waals surface area contributed by atoms with Gasteiger partial charge in [0.1, 0.15) is 24.2 Å². The van der Waals surface area contributed by atoms with E-state index in [9.17, 15) is 13.2 Å². The smallest absolute Gasteiger partial charge is 0.326 e. The molecule has 12 heteroatoms. The van der Waals surface area contributed by atoms with E-state index in [-0.39, 0.29) is 33.3 Å². The van der Waals surface area contributed by atoms with Crippen molar-refractivity contribution < 1.29 is 27.4 Å². The van der Waals surface area contributed by atoms with Crippen LogP contribution in [0, 0.1) is 0 Å². The van der Waals surface area contributed by atoms with Gasteiger partial charge in [0.2, 0.25) is 0 Å². The van der Waals surface area contributed by atoms with Gasteiger partial charge < -0.3 is 18.8 Å². The van der Waals surface area contributed by atoms with E-state index >= 15 is 0 Å². The molecular weight excluding hydrogens is 589 g/mol. The Morgan fingerprint density at radius 2 is 1.93 bits per heavy atom. The van der Waals surface area contributed by atoms with Crippen LogP contribution in [0.2, 0.25) is 10.0 Å². The summed E-state index contributed by atoms with van der Waals surface area (Å²) in [4.78, 5) is 17.1. The molecule has 1 fully saturated rings. The maximum absolute atomic E-state index is 13.8. The van der Waals surface area contributed by atoms with Gasteiger partial charge in [0.25, 0.3) is 10.0 Å². The molecule has 0 radical (unpaired) electrons. The van der Waals surface area contributed by atoms with Gasteiger partial charge in [-0.1, -0.05) is 36.5 Å². The van der Waals surface area contributed by atoms with Gasteiger partial charge >= 0.3 is 5.97 Å². The molecule has 3 heterocycles. The van der Waals surface area contributed by atoms with E-state index in [1.807, 2.05) is 35.9 Å². The molecule has 0 saturated carbocycles. The second kappa shape index (κ2) is 12.7. The van der Waals surface area contributed by atoms with Crippen LogP contribution in [0.3, 0.4) is 0 Å². The number of unbranched alkanes of at least 4 members (excludes halogenated alkanes) is 1. The Labute approximate surface area is 248 Å². The molecule has 1 aliphatic heterocycles. The minimum Gasteiger partial charge on any atom is -0.486 e. The predicted octanol–water partition coefficient (Wildman–Crippen LogP) is 6.04. The van der Waals surface area contributed by atoms with Crippen molar-refractivity contribution >= 4 is 55.8 Å². The first-order valence-corrected chi connectivity index (χ1v) is 15.4. The molecule has 1 unspecified atom stereocenters. The van der Waals surface area contributed by atoms with E-state index in [1.165, 1.54) is 18.2 Å². The molecule has 1 atom stereocenters. The molecular formula is C29H29Cl2N3O6S. The number of rotatable bonds is 11. The normalized spacial score (nSPS) is 15.2. The third-order valence-electron chi connectivity index (χ3n) is 6.58. The standard InChI is InChI=1S/C29H29Cl2N3O6S/c1-2-3-11-39-29(35)18-34(41(36,37)26-15-21(30)14-22(31)16-26)23-4-6-27-20(13-23)8-10-33(27)28-7-5-24(17-32-28)40-25-9-12-38-19-25/h4-8,10,13-17,25H,2-3,9,11-12,18-19H2,1H3. The van der Waals surface area contributed by atoms with E-state index in [2.05, 4.69) is 4.98 Å². The molecule has 4 aromatic rings. The van der Waals surface area contributed by atoms with Crippen LogP contribution >= 0.6 is 23.2 Å². The third-order valence-corrected chi connectivity index (χ3v) is 8.77. The number of aromatic nitrogens is 2. The van der Waals surface area contributed by atoms with E-state index < -0.39 is 22.5 Å². The summed E-state index contributed by atoms with van der Waals surface area (Å²) in [6, 6.07) is 14.7. The van der Waals surface area contributed by atoms with Crippen LogP contribution in [0.4, 0.5) is 5.69 Å². The zero-order valence-electron chi connectivity index (χ0n) is 22.3. The van der Waals surface area contributed by atoms with Crippen LogP contribution in [0.5, 0.6) is 5.75 Å². The van der Waals surface area contributed by atoms with Crippen LogP contribution in [0.25, 0.3) is 16.7 Å². The minimum absolute atomic E-state index is 0.0274. The second-order valence-corrected chi connectivity index (χ2v) is 12.3. The summed E-state index contributed by atoms with van der Waals surface area (Å²) in [6.07, 6.45) is 5.90. The highest BCUT2D eigenvalue weighted by Crippen LogP contribution is 2.31. The minimum atomic E-state index is -4.23. The van der Waals surface area contributed by atoms with Crippen molar-refractivity contribution in [3.8, 4) is 11.6 Å². The number of esters is 1. The molecule has 5 rings (SSSR count). The van der Waals surface area contributed by atoms with Crippen molar-refractivity contribution in [2.24, 2.45) is 0 Å². The fourth-order valence-corrected chi connectivity index (χ4v) is 6.61. The van der Waals surface area contributed by atoms with Crippen LogP contribution in [-0.4, -0.2) is 56.4 Å². The van der Waals surface area contributed by atoms with Gasteiger partial charge in [0, 0.05) is 28.0 Å². The fourth-order valence-electron chi connectivity index (χ4n) is 4.48. The number of carbonyl (C=O) groups is 1. The predicted molar refractivity (Wildman–Crippen MR) is 158 cm³/mol. The Morgan fingerprint density at radius 3 is 2.61 bits per heavy atom. The van der Waals surface area contributed by atoms with Gasteiger partial charge in [-0.3, -0.25) is 9.10 Å². The van der Waals surface area contributed by atoms with Gasteiger partial charge in [0.05, 0.1) is 42.1 Å². The Balaban J connectivity index is 1.45. The molecule has 0 N–H and O–H groups in total. The van der Waals surface area contributed by atoms with Crippen molar-refractivity contribution in [3.05, 3.63) is 77.0 Å². The van der Waals surface area contributed by atoms with Gasteiger partial charge in [-0.2, -0.15) is 0 Å². The summed E-state index contributed by atoms with van der Waals surface area (Å²) in [7, 11) is -4.23. The largest absolute Gasteiger partial charge is 0.486 e. The molecule has 2 aromatic heterocycles. The van der Waals surface area contributed by atoms with E-state index in [1.54, 1.807) is 24.4 Å². The van der Waals surface area contributed by atoms with Gasteiger partial charge in [0.15, 0.2) is 0 Å². The quantitative estimate of drug-likeness (QED) is 0.149. The number of pyridine rings is 1. The average molecular weight is 619 g/mol. The highest BCUT2D eigenvalue weighted by Gasteiger charge is 2.29. The summed E-state index contributed by atoms with van der Waals surface area (Å²) in [5.74, 6) is 0.666. The molecule has 1 aliphatic rings. The Kier molecular flexibility index (Phi) is 9.03. The van der Waals surface area contributed by atoms with Crippen LogP contribution < -0.4 is 9.04 Å². The number of carbonyl (C=O) groups excluding carboxylic acids is 1. The Hall–Kier alpha value is -3.31. The monoisotopic (exact) mass is 617 g/mol. The maximum atomic E-state index is 13.8. The van der Waals surface area contributed by atoms with Gasteiger partial charge in [-0.25, -0.2) is 13.4 Å². The number of halogens is 2. The number of anilines is 1. The van der Waals surface area contributed by atoms with Gasteiger partial charge in [-0.15, -0.1) is 0 Å². The fraction of sp³-hybridized carbons (Fsp3) is 0.310. The molecule has 0 aliphatic carbocycles. The van der Waals surface area contributed by atoms with Crippen molar-refractivity contribution in [1.82, 2.24) is 9.55 Å². The van der Waals surface area contributed by atoms with Gasteiger partial charge in [-0.05, 0) is 61.0 Å². The zero-order valence-corrected chi connectivity index (χ0v) is 24.7. The van der Waals surface area contributed by atoms with Crippen LogP contribution in [0.15, 0.2) is 71.9 Å². The second-order valence-electron chi connectivity index (χ2n) is 9.58. The molecule has 2 aromatic carbocycles. The molecule has 0 amide bonds. The van der Waals surface area contributed by atoms with E-state index in [0.29, 0.717) is 31.2 Å². The number of hydrogen-bond acceptors (Lipinski definition) is 7. The Bertz CT molecular complexity index is 1620. The lowest BCUT2D eigenvalue weighted by molar-refractivity contribution is -0.141. The first kappa shape index (κ1) is 29.2. The Morgan fingerprint density at radius 1 is 1.12 bits per heavy atom. The number of nitrogens with zero attached hydrogens (tertiary/aromatic N) is 3. The summed E-state index contributed by atoms with van der Waals surface area (Å²) < 4.78 is 47.0. The molecule has 9 nitrogen and oxygen atoms in total. The molecule has 41 heavy (non-hydrogen) atoms. The average Bonchev–Trinajstić information content (AvgIpc) is 3.61. The highest BCUT2D eigenvalue weighted by molar-refractivity contribution is 7.92. The summed E-state index contributed by atoms with van der Waals surface area (Å²) in [5.41, 5.74) is 1.09. The maximum Gasteiger partial charge on any atom is 0.326 e.